The Balaban J connectivity index is 1.99. The summed E-state index contributed by atoms with van der Waals surface area (Å²) >= 11 is 0. The summed E-state index contributed by atoms with van der Waals surface area (Å²) in [5, 5.41) is 2.77. The van der Waals surface area contributed by atoms with Crippen molar-refractivity contribution in [3.05, 3.63) is 29.8 Å². The van der Waals surface area contributed by atoms with E-state index in [4.69, 9.17) is 0 Å². The molecule has 1 aromatic rings. The van der Waals surface area contributed by atoms with Gasteiger partial charge in [-0.1, -0.05) is 19.1 Å². The second kappa shape index (κ2) is 5.10. The van der Waals surface area contributed by atoms with Gasteiger partial charge in [-0.2, -0.15) is 0 Å². The Labute approximate surface area is 107 Å². The minimum Gasteiger partial charge on any atom is -0.326 e. The summed E-state index contributed by atoms with van der Waals surface area (Å²) in [4.78, 5) is 11.9. The second-order valence-corrected chi connectivity index (χ2v) is 6.87. The summed E-state index contributed by atoms with van der Waals surface area (Å²) < 4.78 is 22.6. The van der Waals surface area contributed by atoms with E-state index in [1.165, 1.54) is 5.56 Å². The van der Waals surface area contributed by atoms with Crippen molar-refractivity contribution in [2.24, 2.45) is 5.92 Å². The maximum atomic E-state index is 11.9. The number of aryl methyl sites for hydroxylation is 1. The third kappa shape index (κ3) is 3.10. The van der Waals surface area contributed by atoms with Crippen molar-refractivity contribution in [3.63, 3.8) is 0 Å². The summed E-state index contributed by atoms with van der Waals surface area (Å²) in [6.07, 6.45) is 1.39. The number of anilines is 1. The van der Waals surface area contributed by atoms with Crippen molar-refractivity contribution in [3.8, 4) is 0 Å². The number of benzene rings is 1. The minimum absolute atomic E-state index is 0.0219. The molecular weight excluding hydrogens is 250 g/mol. The van der Waals surface area contributed by atoms with Crippen LogP contribution < -0.4 is 5.32 Å². The fraction of sp³-hybridized carbons (Fsp3) is 0.462. The van der Waals surface area contributed by atoms with Crippen molar-refractivity contribution in [1.82, 2.24) is 0 Å². The predicted molar refractivity (Wildman–Crippen MR) is 71.2 cm³/mol. The van der Waals surface area contributed by atoms with E-state index >= 15 is 0 Å². The van der Waals surface area contributed by atoms with E-state index in [0.29, 0.717) is 6.42 Å². The van der Waals surface area contributed by atoms with Gasteiger partial charge in [-0.15, -0.1) is 0 Å². The number of sulfone groups is 1. The molecule has 5 heteroatoms. The summed E-state index contributed by atoms with van der Waals surface area (Å²) in [6.45, 7) is 2.07. The van der Waals surface area contributed by atoms with Crippen molar-refractivity contribution >= 4 is 21.4 Å². The summed E-state index contributed by atoms with van der Waals surface area (Å²) in [7, 11) is -3.00. The smallest absolute Gasteiger partial charge is 0.228 e. The zero-order valence-electron chi connectivity index (χ0n) is 10.3. The third-order valence-electron chi connectivity index (χ3n) is 3.23. The molecule has 1 fully saturated rings. The third-order valence-corrected chi connectivity index (χ3v) is 5.00. The summed E-state index contributed by atoms with van der Waals surface area (Å²) in [5.41, 5.74) is 1.93. The van der Waals surface area contributed by atoms with Crippen LogP contribution in [0, 0.1) is 5.92 Å². The Morgan fingerprint density at radius 3 is 2.50 bits per heavy atom. The van der Waals surface area contributed by atoms with E-state index in [0.717, 1.165) is 12.1 Å². The molecule has 1 aromatic carbocycles. The molecule has 0 bridgehead atoms. The van der Waals surface area contributed by atoms with Gasteiger partial charge in [0.2, 0.25) is 5.91 Å². The van der Waals surface area contributed by atoms with Gasteiger partial charge in [0.25, 0.3) is 0 Å². The van der Waals surface area contributed by atoms with Gasteiger partial charge in [-0.3, -0.25) is 4.79 Å². The van der Waals surface area contributed by atoms with Gasteiger partial charge in [0.15, 0.2) is 9.84 Å². The standard InChI is InChI=1S/C13H17NO3S/c1-2-10-3-5-12(6-4-10)14-13(15)11-7-8-18(16,17)9-11/h3-6,11H,2,7-9H2,1H3,(H,14,15)/t11-/m0/s1. The molecule has 1 saturated heterocycles. The Kier molecular flexibility index (Phi) is 3.71. The molecule has 1 heterocycles. The Hall–Kier alpha value is -1.36. The number of amides is 1. The van der Waals surface area contributed by atoms with Crippen molar-refractivity contribution in [2.45, 2.75) is 19.8 Å². The van der Waals surface area contributed by atoms with Crippen LogP contribution in [0.25, 0.3) is 0 Å². The van der Waals surface area contributed by atoms with Crippen molar-refractivity contribution in [2.75, 3.05) is 16.8 Å². The van der Waals surface area contributed by atoms with Crippen LogP contribution in [0.15, 0.2) is 24.3 Å². The first kappa shape index (κ1) is 13.1. The molecule has 98 valence electrons. The molecule has 1 N–H and O–H groups in total. The largest absolute Gasteiger partial charge is 0.326 e. The number of rotatable bonds is 3. The molecule has 4 nitrogen and oxygen atoms in total. The lowest BCUT2D eigenvalue weighted by molar-refractivity contribution is -0.119. The van der Waals surface area contributed by atoms with Crippen LogP contribution in [-0.2, 0) is 21.1 Å². The van der Waals surface area contributed by atoms with Gasteiger partial charge in [-0.05, 0) is 30.5 Å². The maximum Gasteiger partial charge on any atom is 0.228 e. The zero-order valence-corrected chi connectivity index (χ0v) is 11.2. The Morgan fingerprint density at radius 2 is 2.00 bits per heavy atom. The molecular formula is C13H17NO3S. The average Bonchev–Trinajstić information content (AvgIpc) is 2.71. The first-order valence-electron chi connectivity index (χ1n) is 6.10. The molecule has 0 aromatic heterocycles. The van der Waals surface area contributed by atoms with Crippen LogP contribution in [0.5, 0.6) is 0 Å². The van der Waals surface area contributed by atoms with Gasteiger partial charge < -0.3 is 5.32 Å². The van der Waals surface area contributed by atoms with Crippen molar-refractivity contribution < 1.29 is 13.2 Å². The number of carbonyl (C=O) groups is 1. The van der Waals surface area contributed by atoms with Gasteiger partial charge in [0.05, 0.1) is 17.4 Å². The summed E-state index contributed by atoms with van der Waals surface area (Å²) in [5.74, 6) is -0.493. The number of nitrogens with one attached hydrogen (secondary N) is 1. The first-order chi connectivity index (χ1) is 8.50. The van der Waals surface area contributed by atoms with Crippen LogP contribution in [-0.4, -0.2) is 25.8 Å². The van der Waals surface area contributed by atoms with E-state index in [1.807, 2.05) is 24.3 Å². The lowest BCUT2D eigenvalue weighted by Gasteiger charge is -2.09. The van der Waals surface area contributed by atoms with Crippen LogP contribution in [0.1, 0.15) is 18.9 Å². The van der Waals surface area contributed by atoms with Gasteiger partial charge >= 0.3 is 0 Å². The second-order valence-electron chi connectivity index (χ2n) is 4.64. The zero-order chi connectivity index (χ0) is 13.2. The minimum atomic E-state index is -3.00. The predicted octanol–water partition coefficient (Wildman–Crippen LogP) is 1.62. The molecule has 0 aliphatic carbocycles. The highest BCUT2D eigenvalue weighted by atomic mass is 32.2. The van der Waals surface area contributed by atoms with Crippen LogP contribution in [0.3, 0.4) is 0 Å². The van der Waals surface area contributed by atoms with Gasteiger partial charge in [-0.25, -0.2) is 8.42 Å². The highest BCUT2D eigenvalue weighted by molar-refractivity contribution is 7.91. The van der Waals surface area contributed by atoms with Crippen LogP contribution in [0.4, 0.5) is 5.69 Å². The molecule has 18 heavy (non-hydrogen) atoms. The van der Waals surface area contributed by atoms with E-state index in [1.54, 1.807) is 0 Å². The Bertz CT molecular complexity index is 534. The van der Waals surface area contributed by atoms with E-state index < -0.39 is 15.8 Å². The first-order valence-corrected chi connectivity index (χ1v) is 7.92. The van der Waals surface area contributed by atoms with Gasteiger partial charge in [0, 0.05) is 5.69 Å². The number of hydrogen-bond acceptors (Lipinski definition) is 3. The molecule has 0 spiro atoms. The molecule has 0 unspecified atom stereocenters. The van der Waals surface area contributed by atoms with Crippen LogP contribution in [0.2, 0.25) is 0 Å². The monoisotopic (exact) mass is 267 g/mol. The van der Waals surface area contributed by atoms with Crippen molar-refractivity contribution in [1.29, 1.82) is 0 Å². The maximum absolute atomic E-state index is 11.9. The highest BCUT2D eigenvalue weighted by Gasteiger charge is 2.32. The fourth-order valence-corrected chi connectivity index (χ4v) is 3.81. The Morgan fingerprint density at radius 1 is 1.33 bits per heavy atom. The fourth-order valence-electron chi connectivity index (χ4n) is 2.07. The normalized spacial score (nSPS) is 21.7. The van der Waals surface area contributed by atoms with Gasteiger partial charge in [0.1, 0.15) is 0 Å². The van der Waals surface area contributed by atoms with E-state index in [9.17, 15) is 13.2 Å². The lowest BCUT2D eigenvalue weighted by Crippen LogP contribution is -2.23. The van der Waals surface area contributed by atoms with E-state index in [-0.39, 0.29) is 17.4 Å². The highest BCUT2D eigenvalue weighted by Crippen LogP contribution is 2.20. The topological polar surface area (TPSA) is 63.2 Å². The lowest BCUT2D eigenvalue weighted by atomic mass is 10.1. The molecule has 1 aliphatic heterocycles. The molecule has 2 rings (SSSR count). The molecule has 1 amide bonds. The molecule has 0 saturated carbocycles. The quantitative estimate of drug-likeness (QED) is 0.905. The molecule has 0 radical (unpaired) electrons. The number of carbonyl (C=O) groups excluding carboxylic acids is 1. The van der Waals surface area contributed by atoms with E-state index in [2.05, 4.69) is 12.2 Å². The SMILES string of the molecule is CCc1ccc(NC(=O)[C@H]2CCS(=O)(=O)C2)cc1. The molecule has 1 aliphatic rings. The average molecular weight is 267 g/mol. The van der Waals surface area contributed by atoms with Crippen LogP contribution >= 0.6 is 0 Å². The molecule has 1 atom stereocenters. The number of hydrogen-bond donors (Lipinski definition) is 1. The summed E-state index contributed by atoms with van der Waals surface area (Å²) in [6, 6.07) is 7.61.